The number of hydrogen-bond acceptors (Lipinski definition) is 3. The molecule has 0 aromatic heterocycles. The molecule has 2 N–H and O–H groups in total. The molecule has 0 bridgehead atoms. The van der Waals surface area contributed by atoms with Gasteiger partial charge in [-0.3, -0.25) is 9.69 Å². The van der Waals surface area contributed by atoms with Gasteiger partial charge in [-0.1, -0.05) is 61.5 Å². The van der Waals surface area contributed by atoms with Crippen LogP contribution in [0.15, 0.2) is 78.5 Å². The van der Waals surface area contributed by atoms with Crippen LogP contribution in [0, 0.1) is 13.8 Å². The molecular formula is C27H28N2O2. The summed E-state index contributed by atoms with van der Waals surface area (Å²) in [7, 11) is 0. The third kappa shape index (κ3) is 3.93. The predicted octanol–water partition coefficient (Wildman–Crippen LogP) is 5.55. The fourth-order valence-corrected chi connectivity index (χ4v) is 4.24. The summed E-state index contributed by atoms with van der Waals surface area (Å²) in [6.45, 7) is 6.73. The van der Waals surface area contributed by atoms with Crippen LogP contribution in [0.25, 0.3) is 5.57 Å². The predicted molar refractivity (Wildman–Crippen MR) is 126 cm³/mol. The van der Waals surface area contributed by atoms with Crippen molar-refractivity contribution < 1.29 is 9.53 Å². The molecule has 0 saturated heterocycles. The fraction of sp³-hybridized carbons (Fsp3) is 0.222. The Morgan fingerprint density at radius 3 is 2.26 bits per heavy atom. The molecule has 0 fully saturated rings. The highest BCUT2D eigenvalue weighted by Gasteiger charge is 2.41. The minimum Gasteiger partial charge on any atom is -0.493 e. The van der Waals surface area contributed by atoms with E-state index in [9.17, 15) is 4.79 Å². The lowest BCUT2D eigenvalue weighted by Gasteiger charge is -2.27. The summed E-state index contributed by atoms with van der Waals surface area (Å²) >= 11 is 0. The van der Waals surface area contributed by atoms with Gasteiger partial charge < -0.3 is 10.5 Å². The summed E-state index contributed by atoms with van der Waals surface area (Å²) in [5, 5.41) is 0. The van der Waals surface area contributed by atoms with E-state index in [-0.39, 0.29) is 11.9 Å². The van der Waals surface area contributed by atoms with Crippen molar-refractivity contribution in [2.45, 2.75) is 33.2 Å². The van der Waals surface area contributed by atoms with E-state index in [2.05, 4.69) is 13.0 Å². The lowest BCUT2D eigenvalue weighted by atomic mass is 9.99. The van der Waals surface area contributed by atoms with Gasteiger partial charge in [-0.25, -0.2) is 0 Å². The molecule has 4 heteroatoms. The number of nitrogens with two attached hydrogens (primary N) is 1. The first-order chi connectivity index (χ1) is 15.0. The maximum Gasteiger partial charge on any atom is 0.261 e. The molecule has 1 aliphatic heterocycles. The average molecular weight is 413 g/mol. The van der Waals surface area contributed by atoms with E-state index in [0.29, 0.717) is 23.6 Å². The van der Waals surface area contributed by atoms with Crippen molar-refractivity contribution in [1.82, 2.24) is 0 Å². The van der Waals surface area contributed by atoms with Crippen molar-refractivity contribution >= 4 is 17.2 Å². The normalized spacial score (nSPS) is 16.2. The zero-order chi connectivity index (χ0) is 22.0. The molecular weight excluding hydrogens is 384 g/mol. The Morgan fingerprint density at radius 2 is 1.58 bits per heavy atom. The molecule has 1 unspecified atom stereocenters. The van der Waals surface area contributed by atoms with Crippen LogP contribution in [0.5, 0.6) is 5.75 Å². The number of carbonyl (C=O) groups is 1. The summed E-state index contributed by atoms with van der Waals surface area (Å²) in [5.74, 6) is 0.577. The third-order valence-corrected chi connectivity index (χ3v) is 5.49. The van der Waals surface area contributed by atoms with Gasteiger partial charge in [0.25, 0.3) is 5.91 Å². The second-order valence-corrected chi connectivity index (χ2v) is 8.01. The molecule has 3 aromatic rings. The molecule has 1 heterocycles. The Labute approximate surface area is 184 Å². The molecule has 158 valence electrons. The summed E-state index contributed by atoms with van der Waals surface area (Å²) in [6.07, 6.45) is 0.887. The van der Waals surface area contributed by atoms with Gasteiger partial charge in [0.05, 0.1) is 12.2 Å². The van der Waals surface area contributed by atoms with E-state index in [1.165, 1.54) is 0 Å². The van der Waals surface area contributed by atoms with E-state index in [1.807, 2.05) is 85.5 Å². The molecule has 1 amide bonds. The number of hydrogen-bond donors (Lipinski definition) is 1. The van der Waals surface area contributed by atoms with Gasteiger partial charge in [0, 0.05) is 16.9 Å². The summed E-state index contributed by atoms with van der Waals surface area (Å²) in [5.41, 5.74) is 12.6. The summed E-state index contributed by atoms with van der Waals surface area (Å²) < 4.78 is 5.96. The zero-order valence-corrected chi connectivity index (χ0v) is 18.3. The Balaban J connectivity index is 1.89. The minimum absolute atomic E-state index is 0.107. The number of rotatable bonds is 6. The van der Waals surface area contributed by atoms with Crippen LogP contribution in [-0.2, 0) is 4.79 Å². The molecule has 31 heavy (non-hydrogen) atoms. The highest BCUT2D eigenvalue weighted by molar-refractivity contribution is 6.30. The SMILES string of the molecule is CCCOc1ccccc1C1=C(N)C(c2ccccc2)N(c2cc(C)cc(C)c2)C1=O. The van der Waals surface area contributed by atoms with Crippen LogP contribution in [0.4, 0.5) is 5.69 Å². The van der Waals surface area contributed by atoms with E-state index in [1.54, 1.807) is 0 Å². The van der Waals surface area contributed by atoms with Crippen molar-refractivity contribution in [2.24, 2.45) is 5.73 Å². The molecule has 4 nitrogen and oxygen atoms in total. The van der Waals surface area contributed by atoms with Crippen LogP contribution in [0.2, 0.25) is 0 Å². The molecule has 1 aliphatic rings. The van der Waals surface area contributed by atoms with Gasteiger partial charge in [-0.15, -0.1) is 0 Å². The quantitative estimate of drug-likeness (QED) is 0.577. The smallest absolute Gasteiger partial charge is 0.261 e. The van der Waals surface area contributed by atoms with Gasteiger partial charge >= 0.3 is 0 Å². The number of ether oxygens (including phenoxy) is 1. The van der Waals surface area contributed by atoms with Gasteiger partial charge in [-0.05, 0) is 55.2 Å². The Hall–Kier alpha value is -3.53. The molecule has 3 aromatic carbocycles. The lowest BCUT2D eigenvalue weighted by Crippen LogP contribution is -2.31. The lowest BCUT2D eigenvalue weighted by molar-refractivity contribution is -0.113. The maximum atomic E-state index is 13.9. The van der Waals surface area contributed by atoms with Crippen molar-refractivity contribution in [3.05, 3.63) is 101 Å². The topological polar surface area (TPSA) is 55.6 Å². The molecule has 0 radical (unpaired) electrons. The number of benzene rings is 3. The third-order valence-electron chi connectivity index (χ3n) is 5.49. The minimum atomic E-state index is -0.371. The van der Waals surface area contributed by atoms with Gasteiger partial charge in [0.1, 0.15) is 11.8 Å². The van der Waals surface area contributed by atoms with E-state index in [4.69, 9.17) is 10.5 Å². The zero-order valence-electron chi connectivity index (χ0n) is 18.3. The van der Waals surface area contributed by atoms with Crippen molar-refractivity contribution in [2.75, 3.05) is 11.5 Å². The van der Waals surface area contributed by atoms with Crippen molar-refractivity contribution in [3.8, 4) is 5.75 Å². The summed E-state index contributed by atoms with van der Waals surface area (Å²) in [6, 6.07) is 23.4. The van der Waals surface area contributed by atoms with Crippen LogP contribution in [0.1, 0.15) is 41.6 Å². The number of anilines is 1. The van der Waals surface area contributed by atoms with E-state index in [0.717, 1.165) is 34.4 Å². The molecule has 1 atom stereocenters. The van der Waals surface area contributed by atoms with Crippen molar-refractivity contribution in [1.29, 1.82) is 0 Å². The van der Waals surface area contributed by atoms with E-state index < -0.39 is 0 Å². The number of para-hydroxylation sites is 1. The first-order valence-electron chi connectivity index (χ1n) is 10.7. The van der Waals surface area contributed by atoms with Crippen LogP contribution < -0.4 is 15.4 Å². The molecule has 0 saturated carbocycles. The Bertz CT molecular complexity index is 1110. The van der Waals surface area contributed by atoms with Gasteiger partial charge in [0.15, 0.2) is 0 Å². The fourth-order valence-electron chi connectivity index (χ4n) is 4.24. The monoisotopic (exact) mass is 412 g/mol. The highest BCUT2D eigenvalue weighted by atomic mass is 16.5. The van der Waals surface area contributed by atoms with E-state index >= 15 is 0 Å². The number of carbonyl (C=O) groups excluding carboxylic acids is 1. The van der Waals surface area contributed by atoms with Crippen LogP contribution in [-0.4, -0.2) is 12.5 Å². The first-order valence-corrected chi connectivity index (χ1v) is 10.7. The Kier molecular flexibility index (Phi) is 5.81. The molecule has 4 rings (SSSR count). The second kappa shape index (κ2) is 8.68. The number of amides is 1. The number of aryl methyl sites for hydroxylation is 2. The van der Waals surface area contributed by atoms with Crippen LogP contribution >= 0.6 is 0 Å². The first kappa shape index (κ1) is 20.7. The highest BCUT2D eigenvalue weighted by Crippen LogP contribution is 2.44. The largest absolute Gasteiger partial charge is 0.493 e. The maximum absolute atomic E-state index is 13.9. The Morgan fingerprint density at radius 1 is 0.935 bits per heavy atom. The molecule has 0 aliphatic carbocycles. The average Bonchev–Trinajstić information content (AvgIpc) is 3.02. The summed E-state index contributed by atoms with van der Waals surface area (Å²) in [4.78, 5) is 15.7. The van der Waals surface area contributed by atoms with Gasteiger partial charge in [-0.2, -0.15) is 0 Å². The van der Waals surface area contributed by atoms with Crippen LogP contribution in [0.3, 0.4) is 0 Å². The van der Waals surface area contributed by atoms with Gasteiger partial charge in [0.2, 0.25) is 0 Å². The second-order valence-electron chi connectivity index (χ2n) is 8.01. The standard InChI is InChI=1S/C27H28N2O2/c1-4-14-31-23-13-9-8-12-22(23)24-25(28)26(20-10-6-5-7-11-20)29(27(24)30)21-16-18(2)15-19(3)17-21/h5-13,15-17,26H,4,14,28H2,1-3H3. The molecule has 0 spiro atoms. The number of nitrogens with zero attached hydrogens (tertiary/aromatic N) is 1. The van der Waals surface area contributed by atoms with Crippen molar-refractivity contribution in [3.63, 3.8) is 0 Å².